The zero-order valence-corrected chi connectivity index (χ0v) is 13.6. The molecule has 0 amide bonds. The van der Waals surface area contributed by atoms with E-state index in [0.717, 1.165) is 26.1 Å². The van der Waals surface area contributed by atoms with Crippen LogP contribution < -0.4 is 5.73 Å². The molecule has 2 heterocycles. The fourth-order valence-electron chi connectivity index (χ4n) is 2.54. The third-order valence-electron chi connectivity index (χ3n) is 3.83. The summed E-state index contributed by atoms with van der Waals surface area (Å²) in [5, 5.41) is 4.06. The second-order valence-electron chi connectivity index (χ2n) is 5.52. The number of nitrogens with two attached hydrogens (primary N) is 1. The third-order valence-corrected chi connectivity index (χ3v) is 5.70. The molecule has 0 bridgehead atoms. The van der Waals surface area contributed by atoms with Gasteiger partial charge >= 0.3 is 0 Å². The molecule has 2 N–H and O–H groups in total. The van der Waals surface area contributed by atoms with Crippen molar-refractivity contribution >= 4 is 15.8 Å². The van der Waals surface area contributed by atoms with E-state index < -0.39 is 10.0 Å². The number of likely N-dealkylation sites (tertiary alicyclic amines) is 1. The first-order valence-corrected chi connectivity index (χ1v) is 8.90. The van der Waals surface area contributed by atoms with Crippen molar-refractivity contribution in [2.24, 2.45) is 0 Å². The molecule has 1 saturated heterocycles. The van der Waals surface area contributed by atoms with Gasteiger partial charge in [0.25, 0.3) is 0 Å². The Kier molecular flexibility index (Phi) is 5.23. The summed E-state index contributed by atoms with van der Waals surface area (Å²) in [7, 11) is -1.96. The molecule has 0 saturated carbocycles. The number of likely N-dealkylation sites (N-methyl/N-ethyl adjacent to an activating group) is 1. The number of aryl methyl sites for hydroxylation is 1. The first-order chi connectivity index (χ1) is 9.95. The molecule has 1 aromatic heterocycles. The SMILES string of the molecule is CCCn1cc(S(=O)(=O)N(C)CCN2CCCC2)c(N)n1. The Labute approximate surface area is 126 Å². The van der Waals surface area contributed by atoms with Crippen molar-refractivity contribution in [2.45, 2.75) is 37.6 Å². The molecule has 21 heavy (non-hydrogen) atoms. The van der Waals surface area contributed by atoms with Crippen molar-refractivity contribution in [1.29, 1.82) is 0 Å². The van der Waals surface area contributed by atoms with Crippen molar-refractivity contribution in [3.05, 3.63) is 6.20 Å². The molecule has 8 heteroatoms. The molecule has 0 aliphatic carbocycles. The van der Waals surface area contributed by atoms with Gasteiger partial charge in [-0.25, -0.2) is 8.42 Å². The molecule has 0 aromatic carbocycles. The van der Waals surface area contributed by atoms with Crippen LogP contribution in [-0.4, -0.2) is 60.6 Å². The monoisotopic (exact) mass is 315 g/mol. The van der Waals surface area contributed by atoms with Crippen molar-refractivity contribution in [3.63, 3.8) is 0 Å². The number of aromatic nitrogens is 2. The van der Waals surface area contributed by atoms with E-state index in [1.165, 1.54) is 23.3 Å². The van der Waals surface area contributed by atoms with Crippen molar-refractivity contribution < 1.29 is 8.42 Å². The van der Waals surface area contributed by atoms with Crippen LogP contribution in [0.25, 0.3) is 0 Å². The van der Waals surface area contributed by atoms with E-state index in [-0.39, 0.29) is 10.7 Å². The summed E-state index contributed by atoms with van der Waals surface area (Å²) < 4.78 is 28.1. The van der Waals surface area contributed by atoms with Crippen molar-refractivity contribution in [1.82, 2.24) is 19.0 Å². The van der Waals surface area contributed by atoms with Crippen LogP contribution >= 0.6 is 0 Å². The van der Waals surface area contributed by atoms with Crippen LogP contribution in [0.2, 0.25) is 0 Å². The fraction of sp³-hybridized carbons (Fsp3) is 0.769. The highest BCUT2D eigenvalue weighted by Crippen LogP contribution is 2.20. The van der Waals surface area contributed by atoms with Gasteiger partial charge in [-0.15, -0.1) is 0 Å². The maximum atomic E-state index is 12.5. The maximum absolute atomic E-state index is 12.5. The first-order valence-electron chi connectivity index (χ1n) is 7.46. The topological polar surface area (TPSA) is 84.5 Å². The van der Waals surface area contributed by atoms with Gasteiger partial charge in [-0.1, -0.05) is 6.92 Å². The predicted molar refractivity (Wildman–Crippen MR) is 82.4 cm³/mol. The third kappa shape index (κ3) is 3.75. The molecule has 0 unspecified atom stereocenters. The zero-order chi connectivity index (χ0) is 15.5. The van der Waals surface area contributed by atoms with Crippen LogP contribution in [0.1, 0.15) is 26.2 Å². The van der Waals surface area contributed by atoms with E-state index in [2.05, 4.69) is 10.00 Å². The van der Waals surface area contributed by atoms with Gasteiger partial charge in [0.2, 0.25) is 10.0 Å². The molecular weight excluding hydrogens is 290 g/mol. The second kappa shape index (κ2) is 6.76. The lowest BCUT2D eigenvalue weighted by Gasteiger charge is -2.20. The number of rotatable bonds is 7. The Morgan fingerprint density at radius 1 is 1.33 bits per heavy atom. The molecule has 1 aliphatic heterocycles. The first kappa shape index (κ1) is 16.3. The summed E-state index contributed by atoms with van der Waals surface area (Å²) in [6.45, 7) is 6.03. The highest BCUT2D eigenvalue weighted by Gasteiger charge is 2.26. The molecular formula is C13H25N5O2S. The minimum atomic E-state index is -3.56. The molecule has 7 nitrogen and oxygen atoms in total. The Morgan fingerprint density at radius 3 is 2.62 bits per heavy atom. The number of hydrogen-bond acceptors (Lipinski definition) is 5. The minimum Gasteiger partial charge on any atom is -0.381 e. The largest absolute Gasteiger partial charge is 0.381 e. The van der Waals surface area contributed by atoms with E-state index in [0.29, 0.717) is 13.1 Å². The molecule has 2 rings (SSSR count). The highest BCUT2D eigenvalue weighted by molar-refractivity contribution is 7.89. The summed E-state index contributed by atoms with van der Waals surface area (Å²) in [4.78, 5) is 2.40. The van der Waals surface area contributed by atoms with Gasteiger partial charge in [0, 0.05) is 32.9 Å². The summed E-state index contributed by atoms with van der Waals surface area (Å²) in [5.41, 5.74) is 5.77. The van der Waals surface area contributed by atoms with E-state index in [4.69, 9.17) is 5.73 Å². The number of hydrogen-bond donors (Lipinski definition) is 1. The van der Waals surface area contributed by atoms with E-state index in [1.807, 2.05) is 6.92 Å². The number of nitrogens with zero attached hydrogens (tertiary/aromatic N) is 4. The summed E-state index contributed by atoms with van der Waals surface area (Å²) in [6, 6.07) is 0. The van der Waals surface area contributed by atoms with Crippen LogP contribution in [0.5, 0.6) is 0 Å². The average molecular weight is 315 g/mol. The quantitative estimate of drug-likeness (QED) is 0.796. The molecule has 0 radical (unpaired) electrons. The molecule has 1 aliphatic rings. The molecule has 1 aromatic rings. The Morgan fingerprint density at radius 2 is 2.00 bits per heavy atom. The maximum Gasteiger partial charge on any atom is 0.248 e. The van der Waals surface area contributed by atoms with Gasteiger partial charge in [-0.3, -0.25) is 4.68 Å². The fourth-order valence-corrected chi connectivity index (χ4v) is 3.75. The average Bonchev–Trinajstić information content (AvgIpc) is 3.06. The standard InChI is InChI=1S/C13H25N5O2S/c1-3-6-18-11-12(13(14)15-18)21(19,20)16(2)9-10-17-7-4-5-8-17/h11H,3-10H2,1-2H3,(H2,14,15). The van der Waals surface area contributed by atoms with Crippen LogP contribution in [0.15, 0.2) is 11.1 Å². The smallest absolute Gasteiger partial charge is 0.248 e. The molecule has 0 atom stereocenters. The second-order valence-corrected chi connectivity index (χ2v) is 7.53. The summed E-state index contributed by atoms with van der Waals surface area (Å²) in [5.74, 6) is 0.0801. The van der Waals surface area contributed by atoms with Gasteiger partial charge < -0.3 is 10.6 Å². The van der Waals surface area contributed by atoms with Gasteiger partial charge in [0.05, 0.1) is 0 Å². The van der Waals surface area contributed by atoms with Gasteiger partial charge in [0.1, 0.15) is 4.90 Å². The molecule has 0 spiro atoms. The molecule has 120 valence electrons. The Balaban J connectivity index is 2.05. The van der Waals surface area contributed by atoms with Gasteiger partial charge in [0.15, 0.2) is 5.82 Å². The summed E-state index contributed by atoms with van der Waals surface area (Å²) in [6.07, 6.45) is 4.81. The Bertz CT molecular complexity index is 563. The zero-order valence-electron chi connectivity index (χ0n) is 12.8. The predicted octanol–water partition coefficient (Wildman–Crippen LogP) is 0.592. The van der Waals surface area contributed by atoms with Crippen molar-refractivity contribution in [2.75, 3.05) is 39.0 Å². The highest BCUT2D eigenvalue weighted by atomic mass is 32.2. The summed E-state index contributed by atoms with van der Waals surface area (Å²) >= 11 is 0. The van der Waals surface area contributed by atoms with Crippen LogP contribution in [0.3, 0.4) is 0 Å². The van der Waals surface area contributed by atoms with Crippen molar-refractivity contribution in [3.8, 4) is 0 Å². The van der Waals surface area contributed by atoms with Gasteiger partial charge in [-0.2, -0.15) is 9.40 Å². The van der Waals surface area contributed by atoms with Crippen LogP contribution in [0, 0.1) is 0 Å². The minimum absolute atomic E-state index is 0.0801. The Hall–Kier alpha value is -1.12. The molecule has 1 fully saturated rings. The van der Waals surface area contributed by atoms with E-state index in [9.17, 15) is 8.42 Å². The van der Waals surface area contributed by atoms with E-state index >= 15 is 0 Å². The lowest BCUT2D eigenvalue weighted by molar-refractivity contribution is 0.310. The van der Waals surface area contributed by atoms with Crippen LogP contribution in [-0.2, 0) is 16.6 Å². The van der Waals surface area contributed by atoms with E-state index in [1.54, 1.807) is 11.7 Å². The normalized spacial score (nSPS) is 16.9. The lowest BCUT2D eigenvalue weighted by atomic mass is 10.4. The van der Waals surface area contributed by atoms with Gasteiger partial charge in [-0.05, 0) is 32.4 Å². The lowest BCUT2D eigenvalue weighted by Crippen LogP contribution is -2.35. The van der Waals surface area contributed by atoms with Crippen LogP contribution in [0.4, 0.5) is 5.82 Å². The number of sulfonamides is 1. The number of anilines is 1. The number of nitrogen functional groups attached to an aromatic ring is 1.